The molecule has 238 valence electrons. The zero-order valence-electron chi connectivity index (χ0n) is 23.7. The molecule has 4 atom stereocenters. The molecule has 4 aromatic rings. The van der Waals surface area contributed by atoms with E-state index in [0.29, 0.717) is 32.1 Å². The van der Waals surface area contributed by atoms with Crippen molar-refractivity contribution in [2.75, 3.05) is 37.7 Å². The van der Waals surface area contributed by atoms with E-state index in [9.17, 15) is 22.0 Å². The highest BCUT2D eigenvalue weighted by Gasteiger charge is 2.49. The van der Waals surface area contributed by atoms with Crippen molar-refractivity contribution in [3.8, 4) is 17.1 Å². The van der Waals surface area contributed by atoms with Crippen molar-refractivity contribution in [3.63, 3.8) is 0 Å². The number of hydrogen-bond acceptors (Lipinski definition) is 8. The minimum Gasteiger partial charge on any atom is -0.461 e. The number of nitrogens with zero attached hydrogens (tertiary/aromatic N) is 5. The highest BCUT2D eigenvalue weighted by atomic mass is 35.5. The van der Waals surface area contributed by atoms with Gasteiger partial charge in [-0.3, -0.25) is 4.90 Å². The van der Waals surface area contributed by atoms with Gasteiger partial charge in [0.2, 0.25) is 0 Å². The molecule has 0 amide bonds. The van der Waals surface area contributed by atoms with E-state index >= 15 is 4.39 Å². The summed E-state index contributed by atoms with van der Waals surface area (Å²) in [5.41, 5.74) is -2.07. The average molecular weight is 669 g/mol. The second-order valence-corrected chi connectivity index (χ2v) is 13.7. The lowest BCUT2D eigenvalue weighted by atomic mass is 9.95. The Morgan fingerprint density at radius 2 is 1.82 bits per heavy atom. The molecule has 4 aliphatic heterocycles. The standard InChI is InChI=1S/C30H27ClF6N6OS/c31-23-21(22-19(33)7-20(34)26-25(22)38-13-45-26)18(30(35,36)37)6-17-24(23)40-28(41-27(17)42-10-15-2-3-16(11-42)39-15)44-12-29-4-1-5-43(29)9-14(32)8-29/h6-7,13-16,39H,1-5,8-12H2/t14-,15?,16?,29+/m1/s1. The van der Waals surface area contributed by atoms with Crippen molar-refractivity contribution in [1.82, 2.24) is 25.2 Å². The van der Waals surface area contributed by atoms with E-state index in [1.807, 2.05) is 4.90 Å². The number of halogens is 7. The molecule has 2 aromatic heterocycles. The summed E-state index contributed by atoms with van der Waals surface area (Å²) in [7, 11) is 0. The van der Waals surface area contributed by atoms with Crippen LogP contribution in [0.5, 0.6) is 6.01 Å². The van der Waals surface area contributed by atoms with Gasteiger partial charge in [0.1, 0.15) is 30.2 Å². The number of anilines is 1. The normalized spacial score (nSPS) is 26.8. The summed E-state index contributed by atoms with van der Waals surface area (Å²) in [6, 6.07) is 1.58. The Kier molecular flexibility index (Phi) is 6.90. The molecule has 4 saturated heterocycles. The first-order valence-corrected chi connectivity index (χ1v) is 16.1. The molecule has 0 aliphatic carbocycles. The molecule has 15 heteroatoms. The van der Waals surface area contributed by atoms with Gasteiger partial charge in [-0.2, -0.15) is 23.1 Å². The third-order valence-corrected chi connectivity index (χ3v) is 10.9. The van der Waals surface area contributed by atoms with Gasteiger partial charge in [0.05, 0.1) is 37.4 Å². The maximum atomic E-state index is 15.5. The number of piperazine rings is 1. The van der Waals surface area contributed by atoms with Crippen LogP contribution in [0.25, 0.3) is 32.2 Å². The van der Waals surface area contributed by atoms with Gasteiger partial charge in [0.15, 0.2) is 0 Å². The molecule has 1 N–H and O–H groups in total. The Balaban J connectivity index is 1.33. The maximum Gasteiger partial charge on any atom is 0.417 e. The second-order valence-electron chi connectivity index (χ2n) is 12.5. The van der Waals surface area contributed by atoms with Crippen molar-refractivity contribution in [2.24, 2.45) is 0 Å². The number of thiazole rings is 1. The first-order valence-electron chi connectivity index (χ1n) is 14.9. The fourth-order valence-corrected chi connectivity index (χ4v) is 8.82. The number of rotatable bonds is 5. The molecule has 4 aliphatic rings. The number of hydrogen-bond donors (Lipinski definition) is 1. The fourth-order valence-electron chi connectivity index (χ4n) is 7.78. The van der Waals surface area contributed by atoms with E-state index in [0.717, 1.165) is 49.6 Å². The van der Waals surface area contributed by atoms with Gasteiger partial charge >= 0.3 is 12.2 Å². The lowest BCUT2D eigenvalue weighted by Crippen LogP contribution is -2.51. The average Bonchev–Trinajstić information content (AvgIpc) is 3.76. The van der Waals surface area contributed by atoms with Crippen LogP contribution in [0.2, 0.25) is 5.02 Å². The highest BCUT2D eigenvalue weighted by Crippen LogP contribution is 2.49. The molecule has 2 unspecified atom stereocenters. The summed E-state index contributed by atoms with van der Waals surface area (Å²) in [4.78, 5) is 17.1. The lowest BCUT2D eigenvalue weighted by Gasteiger charge is -2.35. The molecular weight excluding hydrogens is 642 g/mol. The Bertz CT molecular complexity index is 1830. The third kappa shape index (κ3) is 4.82. The first kappa shape index (κ1) is 29.5. The molecule has 6 heterocycles. The van der Waals surface area contributed by atoms with Crippen molar-refractivity contribution in [1.29, 1.82) is 0 Å². The SMILES string of the molecule is Fc1cc(F)c2scnc2c1-c1c(C(F)(F)F)cc2c(N3CC4CCC(C3)N4)nc(OC[C@@]34CCCN3C[C@H](F)C4)nc2c1Cl. The smallest absolute Gasteiger partial charge is 0.417 e. The van der Waals surface area contributed by atoms with Crippen LogP contribution >= 0.6 is 22.9 Å². The van der Waals surface area contributed by atoms with Crippen molar-refractivity contribution < 1.29 is 31.1 Å². The van der Waals surface area contributed by atoms with Crippen molar-refractivity contribution in [2.45, 2.75) is 62.1 Å². The van der Waals surface area contributed by atoms with Gasteiger partial charge < -0.3 is 15.0 Å². The Morgan fingerprint density at radius 3 is 2.58 bits per heavy atom. The van der Waals surface area contributed by atoms with Gasteiger partial charge in [-0.05, 0) is 38.3 Å². The Labute approximate surface area is 262 Å². The molecule has 0 saturated carbocycles. The molecule has 2 aromatic carbocycles. The molecule has 7 nitrogen and oxygen atoms in total. The van der Waals surface area contributed by atoms with Crippen LogP contribution in [0.3, 0.4) is 0 Å². The summed E-state index contributed by atoms with van der Waals surface area (Å²) < 4.78 is 95.0. The molecular formula is C30H27ClF6N6OS. The molecule has 8 rings (SSSR count). The van der Waals surface area contributed by atoms with E-state index in [1.165, 1.54) is 5.51 Å². The summed E-state index contributed by atoms with van der Waals surface area (Å²) in [5.74, 6) is -1.94. The number of fused-ring (bicyclic) bond motifs is 5. The largest absolute Gasteiger partial charge is 0.461 e. The molecule has 45 heavy (non-hydrogen) atoms. The predicted molar refractivity (Wildman–Crippen MR) is 159 cm³/mol. The minimum atomic E-state index is -4.97. The minimum absolute atomic E-state index is 0.0344. The van der Waals surface area contributed by atoms with Crippen LogP contribution in [0.4, 0.5) is 32.2 Å². The maximum absolute atomic E-state index is 15.5. The Hall–Kier alpha value is -2.94. The zero-order chi connectivity index (χ0) is 31.2. The van der Waals surface area contributed by atoms with Gasteiger partial charge in [-0.25, -0.2) is 18.2 Å². The number of nitrogens with one attached hydrogen (secondary N) is 1. The number of aromatic nitrogens is 3. The molecule has 0 spiro atoms. The topological polar surface area (TPSA) is 66.4 Å². The van der Waals surface area contributed by atoms with E-state index in [4.69, 9.17) is 16.3 Å². The zero-order valence-corrected chi connectivity index (χ0v) is 25.3. The van der Waals surface area contributed by atoms with Crippen molar-refractivity contribution in [3.05, 3.63) is 39.9 Å². The number of alkyl halides is 4. The van der Waals surface area contributed by atoms with Gasteiger partial charge in [-0.15, -0.1) is 11.3 Å². The molecule has 4 fully saturated rings. The summed E-state index contributed by atoms with van der Waals surface area (Å²) >= 11 is 7.68. The lowest BCUT2D eigenvalue weighted by molar-refractivity contribution is -0.137. The molecule has 2 bridgehead atoms. The number of ether oxygens (including phenoxy) is 1. The quantitative estimate of drug-likeness (QED) is 0.236. The van der Waals surface area contributed by atoms with Gasteiger partial charge in [0, 0.05) is 60.7 Å². The summed E-state index contributed by atoms with van der Waals surface area (Å²) in [6.07, 6.45) is -2.17. The monoisotopic (exact) mass is 668 g/mol. The number of benzene rings is 2. The van der Waals surface area contributed by atoms with E-state index in [2.05, 4.69) is 25.2 Å². The fraction of sp³-hybridized carbons (Fsp3) is 0.500. The van der Waals surface area contributed by atoms with Gasteiger partial charge in [-0.1, -0.05) is 11.6 Å². The van der Waals surface area contributed by atoms with Crippen LogP contribution in [-0.4, -0.2) is 76.4 Å². The van der Waals surface area contributed by atoms with Crippen molar-refractivity contribution >= 4 is 49.9 Å². The highest BCUT2D eigenvalue weighted by molar-refractivity contribution is 7.16. The van der Waals surface area contributed by atoms with E-state index < -0.39 is 51.2 Å². The van der Waals surface area contributed by atoms with Gasteiger partial charge in [0.25, 0.3) is 0 Å². The Morgan fingerprint density at radius 1 is 1.04 bits per heavy atom. The summed E-state index contributed by atoms with van der Waals surface area (Å²) in [6.45, 7) is 2.16. The van der Waals surface area contributed by atoms with Crippen LogP contribution in [0, 0.1) is 11.6 Å². The molecule has 0 radical (unpaired) electrons. The van der Waals surface area contributed by atoms with E-state index in [-0.39, 0.29) is 51.6 Å². The summed E-state index contributed by atoms with van der Waals surface area (Å²) in [5, 5.41) is 3.06. The van der Waals surface area contributed by atoms with E-state index in [1.54, 1.807) is 0 Å². The second kappa shape index (κ2) is 10.5. The third-order valence-electron chi connectivity index (χ3n) is 9.71. The van der Waals surface area contributed by atoms with Crippen LogP contribution in [-0.2, 0) is 6.18 Å². The van der Waals surface area contributed by atoms with Crippen LogP contribution in [0.15, 0.2) is 17.6 Å². The van der Waals surface area contributed by atoms with Crippen LogP contribution in [0.1, 0.15) is 37.7 Å². The first-order chi connectivity index (χ1) is 21.5. The predicted octanol–water partition coefficient (Wildman–Crippen LogP) is 6.75. The van der Waals surface area contributed by atoms with Crippen LogP contribution < -0.4 is 15.0 Å².